The van der Waals surface area contributed by atoms with Crippen LogP contribution in [-0.2, 0) is 19.1 Å². The number of nitrogens with zero attached hydrogens (tertiary/aromatic N) is 3. The predicted molar refractivity (Wildman–Crippen MR) is 153 cm³/mol. The van der Waals surface area contributed by atoms with E-state index in [0.29, 0.717) is 32.9 Å². The molecule has 3 aromatic rings. The van der Waals surface area contributed by atoms with Crippen LogP contribution in [0.15, 0.2) is 63.5 Å². The lowest BCUT2D eigenvalue weighted by Crippen LogP contribution is -2.41. The minimum atomic E-state index is -0.940. The maximum absolute atomic E-state index is 14.2. The van der Waals surface area contributed by atoms with Crippen molar-refractivity contribution in [3.05, 3.63) is 84.5 Å². The molecule has 1 aromatic heterocycles. The number of benzene rings is 2. The fraction of sp³-hybridized carbons (Fsp3) is 0.300. The standard InChI is InChI=1S/C30H29N3O7S/c1-15(2)14-39-29(37)23-16(3)31-30-33(25(23)18-11-12-21(40-17(4)34)22(13-18)38-6)28(36)26(41-30)24-19-9-7-8-10-20(19)32(5)27(24)35/h7-13,15,25H,14H2,1-6H3/b26-24-. The van der Waals surface area contributed by atoms with Gasteiger partial charge in [0.05, 0.1) is 42.3 Å². The van der Waals surface area contributed by atoms with Crippen LogP contribution in [-0.4, -0.2) is 43.2 Å². The van der Waals surface area contributed by atoms with Gasteiger partial charge in [-0.2, -0.15) is 0 Å². The maximum Gasteiger partial charge on any atom is 0.338 e. The van der Waals surface area contributed by atoms with Crippen LogP contribution in [0.3, 0.4) is 0 Å². The highest BCUT2D eigenvalue weighted by atomic mass is 32.1. The average Bonchev–Trinajstić information content (AvgIpc) is 3.38. The van der Waals surface area contributed by atoms with Gasteiger partial charge >= 0.3 is 11.9 Å². The Bertz CT molecular complexity index is 1820. The van der Waals surface area contributed by atoms with Crippen LogP contribution < -0.4 is 29.3 Å². The number of amides is 1. The van der Waals surface area contributed by atoms with Gasteiger partial charge in [-0.05, 0) is 36.6 Å². The molecule has 41 heavy (non-hydrogen) atoms. The fourth-order valence-electron chi connectivity index (χ4n) is 4.95. The number of esters is 2. The molecule has 1 amide bonds. The zero-order chi connectivity index (χ0) is 29.6. The van der Waals surface area contributed by atoms with Gasteiger partial charge in [0.25, 0.3) is 11.5 Å². The number of aromatic nitrogens is 1. The Morgan fingerprint density at radius 2 is 1.83 bits per heavy atom. The summed E-state index contributed by atoms with van der Waals surface area (Å²) in [5, 5.41) is 0. The Morgan fingerprint density at radius 3 is 2.51 bits per heavy atom. The lowest BCUT2D eigenvalue weighted by molar-refractivity contribution is -0.140. The average molecular weight is 576 g/mol. The molecule has 0 aliphatic carbocycles. The van der Waals surface area contributed by atoms with Gasteiger partial charge in [0.1, 0.15) is 4.53 Å². The van der Waals surface area contributed by atoms with Gasteiger partial charge in [-0.1, -0.05) is 49.4 Å². The van der Waals surface area contributed by atoms with Crippen LogP contribution in [0.25, 0.3) is 5.57 Å². The largest absolute Gasteiger partial charge is 0.493 e. The van der Waals surface area contributed by atoms with E-state index in [1.165, 1.54) is 23.5 Å². The predicted octanol–water partition coefficient (Wildman–Crippen LogP) is 2.71. The molecule has 3 heterocycles. The lowest BCUT2D eigenvalue weighted by Gasteiger charge is -2.25. The number of carbonyl (C=O) groups excluding carboxylic acids is 3. The normalized spacial score (nSPS) is 17.3. The SMILES string of the molecule is COc1cc(C2C(C(=O)OCC(C)C)=C(C)N=c3s/c(=C4\C(=O)N(C)c5ccccc54)c(=O)n32)ccc1OC(C)=O. The Morgan fingerprint density at radius 1 is 1.10 bits per heavy atom. The number of fused-ring (bicyclic) bond motifs is 2. The molecule has 2 aliphatic rings. The quantitative estimate of drug-likeness (QED) is 0.328. The molecule has 0 spiro atoms. The van der Waals surface area contributed by atoms with Crippen LogP contribution in [0.4, 0.5) is 5.69 Å². The van der Waals surface area contributed by atoms with Gasteiger partial charge in [-0.3, -0.25) is 19.0 Å². The molecule has 0 bridgehead atoms. The smallest absolute Gasteiger partial charge is 0.338 e. The van der Waals surface area contributed by atoms with E-state index in [-0.39, 0.29) is 40.0 Å². The van der Waals surface area contributed by atoms with Crippen LogP contribution in [0.2, 0.25) is 0 Å². The second-order valence-electron chi connectivity index (χ2n) is 10.2. The summed E-state index contributed by atoms with van der Waals surface area (Å²) >= 11 is 1.10. The van der Waals surface area contributed by atoms with Gasteiger partial charge in [0, 0.05) is 19.5 Å². The summed E-state index contributed by atoms with van der Waals surface area (Å²) in [6, 6.07) is 11.2. The number of para-hydroxylation sites is 1. The molecule has 1 unspecified atom stereocenters. The van der Waals surface area contributed by atoms with Gasteiger partial charge in [-0.25, -0.2) is 9.79 Å². The summed E-state index contributed by atoms with van der Waals surface area (Å²) in [6.07, 6.45) is 0. The molecule has 5 rings (SSSR count). The van der Waals surface area contributed by atoms with Crippen LogP contribution in [0.5, 0.6) is 11.5 Å². The number of thiazole rings is 1. The molecule has 10 nitrogen and oxygen atoms in total. The number of likely N-dealkylation sites (N-methyl/N-ethyl adjacent to an activating group) is 1. The van der Waals surface area contributed by atoms with Crippen molar-refractivity contribution in [2.75, 3.05) is 25.7 Å². The first-order valence-corrected chi connectivity index (χ1v) is 13.8. The molecule has 0 saturated heterocycles. The zero-order valence-corrected chi connectivity index (χ0v) is 24.3. The Kier molecular flexibility index (Phi) is 7.39. The third-order valence-corrected chi connectivity index (χ3v) is 7.86. The molecular weight excluding hydrogens is 546 g/mol. The van der Waals surface area contributed by atoms with Crippen LogP contribution in [0.1, 0.15) is 44.9 Å². The molecule has 0 saturated carbocycles. The van der Waals surface area contributed by atoms with E-state index in [0.717, 1.165) is 11.3 Å². The number of anilines is 1. The summed E-state index contributed by atoms with van der Waals surface area (Å²) in [5.74, 6) is -0.894. The minimum Gasteiger partial charge on any atom is -0.493 e. The lowest BCUT2D eigenvalue weighted by atomic mass is 9.95. The highest BCUT2D eigenvalue weighted by Crippen LogP contribution is 2.37. The number of methoxy groups -OCH3 is 1. The summed E-state index contributed by atoms with van der Waals surface area (Å²) in [7, 11) is 3.09. The van der Waals surface area contributed by atoms with E-state index in [1.54, 1.807) is 38.2 Å². The van der Waals surface area contributed by atoms with Gasteiger partial charge in [0.2, 0.25) is 0 Å². The van der Waals surface area contributed by atoms with E-state index >= 15 is 0 Å². The Labute approximate surface area is 239 Å². The fourth-order valence-corrected chi connectivity index (χ4v) is 6.09. The number of rotatable bonds is 6. The molecular formula is C30H29N3O7S. The molecule has 0 radical (unpaired) electrons. The van der Waals surface area contributed by atoms with Gasteiger partial charge in [0.15, 0.2) is 16.3 Å². The van der Waals surface area contributed by atoms with Crippen molar-refractivity contribution in [3.63, 3.8) is 0 Å². The molecule has 0 N–H and O–H groups in total. The van der Waals surface area contributed by atoms with Gasteiger partial charge in [-0.15, -0.1) is 0 Å². The number of ether oxygens (including phenoxy) is 3. The van der Waals surface area contributed by atoms with Crippen molar-refractivity contribution in [2.45, 2.75) is 33.7 Å². The van der Waals surface area contributed by atoms with E-state index in [2.05, 4.69) is 4.99 Å². The topological polar surface area (TPSA) is 117 Å². The van der Waals surface area contributed by atoms with Crippen LogP contribution >= 0.6 is 11.3 Å². The summed E-state index contributed by atoms with van der Waals surface area (Å²) in [5.41, 5.74) is 2.27. The number of allylic oxidation sites excluding steroid dienone is 1. The van der Waals surface area contributed by atoms with E-state index < -0.39 is 23.5 Å². The summed E-state index contributed by atoms with van der Waals surface area (Å²) in [6.45, 7) is 7.00. The molecule has 212 valence electrons. The number of carbonyl (C=O) groups is 3. The second kappa shape index (κ2) is 10.8. The maximum atomic E-state index is 14.2. The Hall–Kier alpha value is -4.51. The van der Waals surface area contributed by atoms with E-state index in [9.17, 15) is 19.2 Å². The summed E-state index contributed by atoms with van der Waals surface area (Å²) < 4.78 is 18.0. The highest BCUT2D eigenvalue weighted by molar-refractivity contribution is 7.07. The van der Waals surface area contributed by atoms with E-state index in [4.69, 9.17) is 14.2 Å². The zero-order valence-electron chi connectivity index (χ0n) is 23.5. The first kappa shape index (κ1) is 28.0. The highest BCUT2D eigenvalue weighted by Gasteiger charge is 2.37. The van der Waals surface area contributed by atoms with Crippen molar-refractivity contribution < 1.29 is 28.6 Å². The van der Waals surface area contributed by atoms with Crippen molar-refractivity contribution in [1.82, 2.24) is 4.57 Å². The molecule has 1 atom stereocenters. The third kappa shape index (κ3) is 4.86. The first-order valence-electron chi connectivity index (χ1n) is 13.0. The van der Waals surface area contributed by atoms with Crippen molar-refractivity contribution in [3.8, 4) is 11.5 Å². The van der Waals surface area contributed by atoms with Crippen molar-refractivity contribution in [2.24, 2.45) is 10.9 Å². The molecule has 11 heteroatoms. The van der Waals surface area contributed by atoms with E-state index in [1.807, 2.05) is 32.0 Å². The van der Waals surface area contributed by atoms with Gasteiger partial charge < -0.3 is 19.1 Å². The third-order valence-electron chi connectivity index (χ3n) is 6.80. The summed E-state index contributed by atoms with van der Waals surface area (Å²) in [4.78, 5) is 59.1. The van der Waals surface area contributed by atoms with Crippen molar-refractivity contribution >= 4 is 40.4 Å². The molecule has 2 aliphatic heterocycles. The Balaban J connectivity index is 1.77. The number of hydrogen-bond donors (Lipinski definition) is 0. The van der Waals surface area contributed by atoms with Crippen molar-refractivity contribution in [1.29, 1.82) is 0 Å². The minimum absolute atomic E-state index is 0.0924. The monoisotopic (exact) mass is 575 g/mol. The molecule has 2 aromatic carbocycles. The first-order chi connectivity index (χ1) is 19.5. The second-order valence-corrected chi connectivity index (χ2v) is 11.1. The number of hydrogen-bond acceptors (Lipinski definition) is 9. The van der Waals surface area contributed by atoms with Crippen LogP contribution in [0, 0.1) is 5.92 Å². The molecule has 0 fully saturated rings.